The Kier molecular flexibility index (Phi) is 5.53. The van der Waals surface area contributed by atoms with E-state index in [2.05, 4.69) is 16.0 Å². The lowest BCUT2D eigenvalue weighted by atomic mass is 10.2. The first-order valence-corrected chi connectivity index (χ1v) is 7.43. The molecule has 0 saturated carbocycles. The highest BCUT2D eigenvalue weighted by Gasteiger charge is 2.13. The molecule has 0 saturated heterocycles. The maximum absolute atomic E-state index is 12.2. The van der Waals surface area contributed by atoms with Crippen molar-refractivity contribution in [3.8, 4) is 6.07 Å². The molecule has 122 valence electrons. The third-order valence-electron chi connectivity index (χ3n) is 3.24. The molecule has 0 aliphatic rings. The normalized spacial score (nSPS) is 11.0. The van der Waals surface area contributed by atoms with Crippen LogP contribution in [0.3, 0.4) is 0 Å². The maximum atomic E-state index is 12.2. The molecule has 0 radical (unpaired) electrons. The second-order valence-corrected chi connectivity index (χ2v) is 5.31. The zero-order valence-electron chi connectivity index (χ0n) is 13.5. The molecule has 0 unspecified atom stereocenters. The lowest BCUT2D eigenvalue weighted by molar-refractivity contribution is -0.116. The van der Waals surface area contributed by atoms with Crippen LogP contribution in [0.2, 0.25) is 0 Å². The van der Waals surface area contributed by atoms with Gasteiger partial charge in [0, 0.05) is 24.0 Å². The summed E-state index contributed by atoms with van der Waals surface area (Å²) >= 11 is 0. The van der Waals surface area contributed by atoms with Crippen LogP contribution >= 0.6 is 0 Å². The molecular weight excluding hydrogens is 304 g/mol. The van der Waals surface area contributed by atoms with Crippen LogP contribution in [0.1, 0.15) is 19.4 Å². The SMILES string of the molecule is CC(=O)Nc1ccc(N[C@@H](C)C(=O)Nc2cccc(C#N)c2)cc1. The molecule has 1 atom stereocenters. The van der Waals surface area contributed by atoms with Crippen molar-refractivity contribution >= 4 is 28.9 Å². The van der Waals surface area contributed by atoms with Crippen molar-refractivity contribution in [2.75, 3.05) is 16.0 Å². The zero-order chi connectivity index (χ0) is 17.5. The minimum atomic E-state index is -0.470. The van der Waals surface area contributed by atoms with Gasteiger partial charge in [-0.05, 0) is 49.4 Å². The fraction of sp³-hybridized carbons (Fsp3) is 0.167. The number of carbonyl (C=O) groups excluding carboxylic acids is 2. The van der Waals surface area contributed by atoms with Crippen LogP contribution in [0.25, 0.3) is 0 Å². The molecule has 2 aromatic rings. The van der Waals surface area contributed by atoms with Crippen molar-refractivity contribution in [3.05, 3.63) is 54.1 Å². The number of nitriles is 1. The number of amides is 2. The van der Waals surface area contributed by atoms with E-state index in [9.17, 15) is 9.59 Å². The number of nitrogens with one attached hydrogen (secondary N) is 3. The summed E-state index contributed by atoms with van der Waals surface area (Å²) in [5.41, 5.74) is 2.52. The summed E-state index contributed by atoms with van der Waals surface area (Å²) in [6, 6.07) is 15.4. The maximum Gasteiger partial charge on any atom is 0.246 e. The topological polar surface area (TPSA) is 94.0 Å². The molecule has 2 aromatic carbocycles. The Morgan fingerprint density at radius 2 is 1.67 bits per heavy atom. The first-order chi connectivity index (χ1) is 11.5. The molecule has 24 heavy (non-hydrogen) atoms. The van der Waals surface area contributed by atoms with Crippen molar-refractivity contribution in [1.82, 2.24) is 0 Å². The van der Waals surface area contributed by atoms with E-state index in [0.717, 1.165) is 5.69 Å². The Balaban J connectivity index is 1.95. The predicted molar refractivity (Wildman–Crippen MR) is 93.6 cm³/mol. The van der Waals surface area contributed by atoms with Crippen LogP contribution in [-0.2, 0) is 9.59 Å². The summed E-state index contributed by atoms with van der Waals surface area (Å²) in [5, 5.41) is 17.4. The van der Waals surface area contributed by atoms with Crippen LogP contribution in [0.4, 0.5) is 17.1 Å². The summed E-state index contributed by atoms with van der Waals surface area (Å²) in [7, 11) is 0. The van der Waals surface area contributed by atoms with E-state index in [-0.39, 0.29) is 11.8 Å². The minimum absolute atomic E-state index is 0.136. The number of anilines is 3. The van der Waals surface area contributed by atoms with E-state index in [1.165, 1.54) is 6.92 Å². The van der Waals surface area contributed by atoms with Crippen molar-refractivity contribution in [2.24, 2.45) is 0 Å². The number of carbonyl (C=O) groups is 2. The first-order valence-electron chi connectivity index (χ1n) is 7.43. The number of rotatable bonds is 5. The van der Waals surface area contributed by atoms with Gasteiger partial charge in [0.05, 0.1) is 11.6 Å². The van der Waals surface area contributed by atoms with Crippen molar-refractivity contribution in [3.63, 3.8) is 0 Å². The quantitative estimate of drug-likeness (QED) is 0.789. The molecule has 0 aliphatic carbocycles. The molecule has 0 heterocycles. The Morgan fingerprint density at radius 3 is 2.29 bits per heavy atom. The van der Waals surface area contributed by atoms with Gasteiger partial charge in [0.1, 0.15) is 6.04 Å². The largest absolute Gasteiger partial charge is 0.374 e. The smallest absolute Gasteiger partial charge is 0.246 e. The van der Waals surface area contributed by atoms with Gasteiger partial charge in [-0.1, -0.05) is 6.07 Å². The molecule has 0 aliphatic heterocycles. The predicted octanol–water partition coefficient (Wildman–Crippen LogP) is 2.96. The van der Waals surface area contributed by atoms with E-state index in [1.807, 2.05) is 6.07 Å². The van der Waals surface area contributed by atoms with Gasteiger partial charge in [-0.2, -0.15) is 5.26 Å². The minimum Gasteiger partial charge on any atom is -0.374 e. The van der Waals surface area contributed by atoms with E-state index in [4.69, 9.17) is 5.26 Å². The van der Waals surface area contributed by atoms with Gasteiger partial charge in [0.2, 0.25) is 11.8 Å². The van der Waals surface area contributed by atoms with Gasteiger partial charge in [-0.15, -0.1) is 0 Å². The lowest BCUT2D eigenvalue weighted by Crippen LogP contribution is -2.31. The van der Waals surface area contributed by atoms with Crippen LogP contribution in [-0.4, -0.2) is 17.9 Å². The van der Waals surface area contributed by atoms with Gasteiger partial charge >= 0.3 is 0 Å². The number of nitrogens with zero attached hydrogens (tertiary/aromatic N) is 1. The van der Waals surface area contributed by atoms with Gasteiger partial charge < -0.3 is 16.0 Å². The molecule has 6 heteroatoms. The Labute approximate surface area is 140 Å². The highest BCUT2D eigenvalue weighted by molar-refractivity contribution is 5.96. The third-order valence-corrected chi connectivity index (χ3v) is 3.24. The van der Waals surface area contributed by atoms with Crippen molar-refractivity contribution < 1.29 is 9.59 Å². The average molecular weight is 322 g/mol. The summed E-state index contributed by atoms with van der Waals surface area (Å²) in [4.78, 5) is 23.2. The zero-order valence-corrected chi connectivity index (χ0v) is 13.5. The standard InChI is InChI=1S/C18H18N4O2/c1-12(18(24)22-17-5-3-4-14(10-17)11-19)20-15-6-8-16(9-7-15)21-13(2)23/h3-10,12,20H,1-2H3,(H,21,23)(H,22,24)/t12-/m0/s1. The van der Waals surface area contributed by atoms with Crippen molar-refractivity contribution in [1.29, 1.82) is 5.26 Å². The fourth-order valence-electron chi connectivity index (χ4n) is 2.09. The molecule has 3 N–H and O–H groups in total. The summed E-state index contributed by atoms with van der Waals surface area (Å²) in [6.45, 7) is 3.19. The molecule has 0 spiro atoms. The molecule has 0 fully saturated rings. The molecule has 6 nitrogen and oxygen atoms in total. The van der Waals surface area contributed by atoms with Crippen LogP contribution in [0.5, 0.6) is 0 Å². The Bertz CT molecular complexity index is 778. The molecule has 0 aromatic heterocycles. The van der Waals surface area contributed by atoms with Gasteiger partial charge in [0.15, 0.2) is 0 Å². The van der Waals surface area contributed by atoms with E-state index >= 15 is 0 Å². The second-order valence-electron chi connectivity index (χ2n) is 5.31. The van der Waals surface area contributed by atoms with E-state index in [1.54, 1.807) is 55.5 Å². The number of hydrogen-bond donors (Lipinski definition) is 3. The molecular formula is C18H18N4O2. The van der Waals surface area contributed by atoms with E-state index in [0.29, 0.717) is 16.9 Å². The average Bonchev–Trinajstić information content (AvgIpc) is 2.56. The first kappa shape index (κ1) is 17.0. The van der Waals surface area contributed by atoms with Gasteiger partial charge in [-0.3, -0.25) is 9.59 Å². The lowest BCUT2D eigenvalue weighted by Gasteiger charge is -2.16. The van der Waals surface area contributed by atoms with E-state index < -0.39 is 6.04 Å². The molecule has 2 amide bonds. The molecule has 2 rings (SSSR count). The van der Waals surface area contributed by atoms with Gasteiger partial charge in [-0.25, -0.2) is 0 Å². The van der Waals surface area contributed by atoms with Crippen LogP contribution < -0.4 is 16.0 Å². The molecule has 0 bridgehead atoms. The van der Waals surface area contributed by atoms with Crippen LogP contribution in [0, 0.1) is 11.3 Å². The summed E-state index contributed by atoms with van der Waals surface area (Å²) in [5.74, 6) is -0.348. The summed E-state index contributed by atoms with van der Waals surface area (Å²) < 4.78 is 0. The monoisotopic (exact) mass is 322 g/mol. The number of benzene rings is 2. The van der Waals surface area contributed by atoms with Crippen LogP contribution in [0.15, 0.2) is 48.5 Å². The summed E-state index contributed by atoms with van der Waals surface area (Å²) in [6.07, 6.45) is 0. The Morgan fingerprint density at radius 1 is 1.00 bits per heavy atom. The number of hydrogen-bond acceptors (Lipinski definition) is 4. The highest BCUT2D eigenvalue weighted by atomic mass is 16.2. The second kappa shape index (κ2) is 7.79. The fourth-order valence-corrected chi connectivity index (χ4v) is 2.09. The van der Waals surface area contributed by atoms with Gasteiger partial charge in [0.25, 0.3) is 0 Å². The third kappa shape index (κ3) is 4.85. The highest BCUT2D eigenvalue weighted by Crippen LogP contribution is 2.15. The van der Waals surface area contributed by atoms with Crippen molar-refractivity contribution in [2.45, 2.75) is 19.9 Å². The Hall–Kier alpha value is -3.33.